The number of likely N-dealkylation sites (tertiary alicyclic amines) is 1. The van der Waals surface area contributed by atoms with Crippen LogP contribution in [0.1, 0.15) is 42.0 Å². The zero-order chi connectivity index (χ0) is 17.2. The zero-order valence-corrected chi connectivity index (χ0v) is 17.2. The first-order chi connectivity index (χ1) is 12.2. The highest BCUT2D eigenvalue weighted by Crippen LogP contribution is 2.36. The summed E-state index contributed by atoms with van der Waals surface area (Å²) in [5.41, 5.74) is 2.85. The first-order valence-corrected chi connectivity index (χ1v) is 11.0. The number of nitrogens with zero attached hydrogens (tertiary/aromatic N) is 1. The SMILES string of the molecule is Cc1sc(-c2ccc(C3CCN(C4CCOCC4)CC3)cc2)cc1Br. The highest BCUT2D eigenvalue weighted by atomic mass is 79.9. The van der Waals surface area contributed by atoms with Crippen molar-refractivity contribution in [2.24, 2.45) is 0 Å². The molecule has 134 valence electrons. The summed E-state index contributed by atoms with van der Waals surface area (Å²) in [6.45, 7) is 6.55. The van der Waals surface area contributed by atoms with Gasteiger partial charge in [-0.1, -0.05) is 24.3 Å². The van der Waals surface area contributed by atoms with E-state index in [0.717, 1.165) is 25.2 Å². The van der Waals surface area contributed by atoms with Crippen LogP contribution in [-0.4, -0.2) is 37.2 Å². The van der Waals surface area contributed by atoms with Crippen LogP contribution in [0.25, 0.3) is 10.4 Å². The molecule has 2 fully saturated rings. The van der Waals surface area contributed by atoms with Crippen molar-refractivity contribution in [2.45, 2.75) is 44.6 Å². The smallest absolute Gasteiger partial charge is 0.0480 e. The maximum absolute atomic E-state index is 5.51. The van der Waals surface area contributed by atoms with Gasteiger partial charge in [-0.3, -0.25) is 0 Å². The Kier molecular flexibility index (Phi) is 5.61. The lowest BCUT2D eigenvalue weighted by atomic mass is 9.88. The third kappa shape index (κ3) is 4.02. The van der Waals surface area contributed by atoms with Gasteiger partial charge >= 0.3 is 0 Å². The Hall–Kier alpha value is -0.680. The molecule has 0 spiro atoms. The fourth-order valence-electron chi connectivity index (χ4n) is 4.17. The van der Waals surface area contributed by atoms with Crippen LogP contribution in [0.15, 0.2) is 34.8 Å². The van der Waals surface area contributed by atoms with Gasteiger partial charge in [0, 0.05) is 33.5 Å². The second kappa shape index (κ2) is 7.91. The van der Waals surface area contributed by atoms with Crippen LogP contribution >= 0.6 is 27.3 Å². The number of aryl methyl sites for hydroxylation is 1. The molecule has 2 nitrogen and oxygen atoms in total. The zero-order valence-electron chi connectivity index (χ0n) is 14.8. The Balaban J connectivity index is 1.38. The Morgan fingerprint density at radius 1 is 1.04 bits per heavy atom. The highest BCUT2D eigenvalue weighted by molar-refractivity contribution is 9.10. The molecule has 0 aliphatic carbocycles. The minimum Gasteiger partial charge on any atom is -0.381 e. The van der Waals surface area contributed by atoms with Gasteiger partial charge in [0.1, 0.15) is 0 Å². The molecule has 0 atom stereocenters. The van der Waals surface area contributed by atoms with Crippen LogP contribution in [0.4, 0.5) is 0 Å². The van der Waals surface area contributed by atoms with Gasteiger partial charge in [-0.15, -0.1) is 11.3 Å². The summed E-state index contributed by atoms with van der Waals surface area (Å²) in [5, 5.41) is 0. The van der Waals surface area contributed by atoms with Crippen LogP contribution in [0.5, 0.6) is 0 Å². The van der Waals surface area contributed by atoms with Crippen molar-refractivity contribution in [1.29, 1.82) is 0 Å². The summed E-state index contributed by atoms with van der Waals surface area (Å²) in [6, 6.07) is 12.3. The number of rotatable bonds is 3. The van der Waals surface area contributed by atoms with E-state index in [9.17, 15) is 0 Å². The molecule has 2 aliphatic rings. The molecule has 1 aromatic carbocycles. The van der Waals surface area contributed by atoms with Crippen molar-refractivity contribution in [3.8, 4) is 10.4 Å². The van der Waals surface area contributed by atoms with Gasteiger partial charge in [0.05, 0.1) is 0 Å². The molecule has 2 saturated heterocycles. The first kappa shape index (κ1) is 17.7. The molecule has 0 unspecified atom stereocenters. The first-order valence-electron chi connectivity index (χ1n) is 9.39. The average molecular weight is 420 g/mol. The highest BCUT2D eigenvalue weighted by Gasteiger charge is 2.27. The summed E-state index contributed by atoms with van der Waals surface area (Å²) >= 11 is 5.49. The third-order valence-corrected chi connectivity index (χ3v) is 7.95. The molecular formula is C21H26BrNOS. The van der Waals surface area contributed by atoms with Crippen molar-refractivity contribution in [1.82, 2.24) is 4.90 Å². The maximum Gasteiger partial charge on any atom is 0.0480 e. The topological polar surface area (TPSA) is 12.5 Å². The minimum atomic E-state index is 0.724. The van der Waals surface area contributed by atoms with Gasteiger partial charge in [-0.2, -0.15) is 0 Å². The molecule has 0 amide bonds. The summed E-state index contributed by atoms with van der Waals surface area (Å²) in [6.07, 6.45) is 5.02. The number of ether oxygens (including phenoxy) is 1. The molecule has 0 bridgehead atoms. The van der Waals surface area contributed by atoms with Crippen molar-refractivity contribution in [3.63, 3.8) is 0 Å². The number of piperidine rings is 1. The van der Waals surface area contributed by atoms with E-state index >= 15 is 0 Å². The van der Waals surface area contributed by atoms with E-state index in [0.29, 0.717) is 0 Å². The molecule has 0 radical (unpaired) electrons. The Morgan fingerprint density at radius 2 is 1.72 bits per heavy atom. The van der Waals surface area contributed by atoms with Gasteiger partial charge < -0.3 is 9.64 Å². The Bertz CT molecular complexity index is 678. The normalized spacial score (nSPS) is 20.9. The molecule has 0 saturated carbocycles. The molecular weight excluding hydrogens is 394 g/mol. The largest absolute Gasteiger partial charge is 0.381 e. The number of hydrogen-bond donors (Lipinski definition) is 0. The molecule has 2 aliphatic heterocycles. The minimum absolute atomic E-state index is 0.724. The van der Waals surface area contributed by atoms with Crippen molar-refractivity contribution in [3.05, 3.63) is 45.2 Å². The van der Waals surface area contributed by atoms with E-state index in [4.69, 9.17) is 4.74 Å². The Morgan fingerprint density at radius 3 is 2.32 bits per heavy atom. The Labute approximate surface area is 163 Å². The van der Waals surface area contributed by atoms with Gasteiger partial charge in [-0.05, 0) is 84.7 Å². The standard InChI is InChI=1S/C21H26BrNOS/c1-15-20(22)14-21(25-15)18-4-2-16(3-5-18)17-6-10-23(11-7-17)19-8-12-24-13-9-19/h2-5,14,17,19H,6-13H2,1H3. The van der Waals surface area contributed by atoms with Crippen molar-refractivity contribution < 1.29 is 4.74 Å². The quantitative estimate of drug-likeness (QED) is 0.618. The molecule has 2 aromatic rings. The van der Waals surface area contributed by atoms with Crippen LogP contribution < -0.4 is 0 Å². The van der Waals surface area contributed by atoms with E-state index < -0.39 is 0 Å². The second-order valence-electron chi connectivity index (χ2n) is 7.29. The molecule has 1 aromatic heterocycles. The van der Waals surface area contributed by atoms with E-state index in [1.807, 2.05) is 11.3 Å². The third-order valence-electron chi connectivity index (χ3n) is 5.76. The number of thiophene rings is 1. The monoisotopic (exact) mass is 419 g/mol. The van der Waals surface area contributed by atoms with Gasteiger partial charge in [-0.25, -0.2) is 0 Å². The van der Waals surface area contributed by atoms with E-state index in [1.54, 1.807) is 0 Å². The number of halogens is 1. The summed E-state index contributed by atoms with van der Waals surface area (Å²) < 4.78 is 6.73. The van der Waals surface area contributed by atoms with Crippen LogP contribution in [-0.2, 0) is 4.74 Å². The fraction of sp³-hybridized carbons (Fsp3) is 0.524. The second-order valence-corrected chi connectivity index (χ2v) is 9.40. The van der Waals surface area contributed by atoms with E-state index in [1.165, 1.54) is 64.1 Å². The number of benzene rings is 1. The summed E-state index contributed by atoms with van der Waals surface area (Å²) in [5.74, 6) is 0.724. The molecule has 25 heavy (non-hydrogen) atoms. The lowest BCUT2D eigenvalue weighted by Gasteiger charge is -2.39. The lowest BCUT2D eigenvalue weighted by Crippen LogP contribution is -2.43. The fourth-order valence-corrected chi connectivity index (χ4v) is 5.71. The van der Waals surface area contributed by atoms with Crippen LogP contribution in [0.3, 0.4) is 0 Å². The van der Waals surface area contributed by atoms with E-state index in [2.05, 4.69) is 58.1 Å². The average Bonchev–Trinajstić information content (AvgIpc) is 3.01. The lowest BCUT2D eigenvalue weighted by molar-refractivity contribution is 0.0252. The molecule has 0 N–H and O–H groups in total. The predicted molar refractivity (Wildman–Crippen MR) is 110 cm³/mol. The summed E-state index contributed by atoms with van der Waals surface area (Å²) in [7, 11) is 0. The number of hydrogen-bond acceptors (Lipinski definition) is 3. The van der Waals surface area contributed by atoms with Crippen molar-refractivity contribution in [2.75, 3.05) is 26.3 Å². The maximum atomic E-state index is 5.51. The van der Waals surface area contributed by atoms with Gasteiger partial charge in [0.15, 0.2) is 0 Å². The molecule has 4 heteroatoms. The molecule has 3 heterocycles. The van der Waals surface area contributed by atoms with Crippen LogP contribution in [0, 0.1) is 6.92 Å². The van der Waals surface area contributed by atoms with E-state index in [-0.39, 0.29) is 0 Å². The van der Waals surface area contributed by atoms with Crippen molar-refractivity contribution >= 4 is 27.3 Å². The van der Waals surface area contributed by atoms with Crippen LogP contribution in [0.2, 0.25) is 0 Å². The van der Waals surface area contributed by atoms with Gasteiger partial charge in [0.25, 0.3) is 0 Å². The summed E-state index contributed by atoms with van der Waals surface area (Å²) in [4.78, 5) is 5.41. The predicted octanol–water partition coefficient (Wildman–Crippen LogP) is 5.84. The van der Waals surface area contributed by atoms with Gasteiger partial charge in [0.2, 0.25) is 0 Å². The molecule has 4 rings (SSSR count).